The van der Waals surface area contributed by atoms with E-state index < -0.39 is 0 Å². The number of hydrogen-bond donors (Lipinski definition) is 2. The van der Waals surface area contributed by atoms with Gasteiger partial charge in [-0.25, -0.2) is 0 Å². The number of nitrogens with two attached hydrogens (primary N) is 1. The van der Waals surface area contributed by atoms with E-state index in [9.17, 15) is 4.79 Å². The minimum Gasteiger partial charge on any atom is -0.396 e. The molecule has 1 fully saturated rings. The fraction of sp³-hybridized carbons (Fsp3) is 0.385. The van der Waals surface area contributed by atoms with Crippen LogP contribution in [-0.2, 0) is 0 Å². The molecule has 1 aliphatic carbocycles. The Hall–Kier alpha value is -1.62. The molecule has 94 valence electrons. The van der Waals surface area contributed by atoms with Crippen LogP contribution in [0.25, 0.3) is 10.2 Å². The van der Waals surface area contributed by atoms with Crippen LogP contribution in [0.2, 0.25) is 0 Å². The Bertz CT molecular complexity index is 616. The van der Waals surface area contributed by atoms with Crippen LogP contribution < -0.4 is 11.1 Å². The molecule has 4 nitrogen and oxygen atoms in total. The largest absolute Gasteiger partial charge is 0.396 e. The maximum Gasteiger partial charge on any atom is 0.263 e. The summed E-state index contributed by atoms with van der Waals surface area (Å²) in [6.07, 6.45) is 4.08. The molecular formula is C13H15N3OS. The van der Waals surface area contributed by atoms with Gasteiger partial charge in [-0.05, 0) is 30.4 Å². The monoisotopic (exact) mass is 261 g/mol. The standard InChI is InChI=1S/C13H15N3OS/c1-13(4-5-13)7-16-12(17)11-9(14)10-8(18-11)3-2-6-15-10/h2-3,6H,4-5,7,14H2,1H3,(H,16,17). The minimum atomic E-state index is -0.0800. The summed E-state index contributed by atoms with van der Waals surface area (Å²) in [5, 5.41) is 2.97. The Balaban J connectivity index is 1.84. The highest BCUT2D eigenvalue weighted by Gasteiger charge is 2.37. The molecular weight excluding hydrogens is 246 g/mol. The molecule has 2 heterocycles. The third kappa shape index (κ3) is 1.95. The number of thiophene rings is 1. The molecule has 3 N–H and O–H groups in total. The van der Waals surface area contributed by atoms with Crippen molar-refractivity contribution < 1.29 is 4.79 Å². The van der Waals surface area contributed by atoms with Gasteiger partial charge in [0.05, 0.1) is 10.4 Å². The number of rotatable bonds is 3. The number of anilines is 1. The second-order valence-corrected chi connectivity index (χ2v) is 6.24. The highest BCUT2D eigenvalue weighted by Crippen LogP contribution is 2.44. The molecule has 2 aromatic rings. The molecule has 0 bridgehead atoms. The summed E-state index contributed by atoms with van der Waals surface area (Å²) < 4.78 is 0.956. The third-order valence-corrected chi connectivity index (χ3v) is 4.63. The molecule has 0 radical (unpaired) electrons. The van der Waals surface area contributed by atoms with Crippen molar-refractivity contribution in [3.8, 4) is 0 Å². The lowest BCUT2D eigenvalue weighted by Gasteiger charge is -2.09. The first-order chi connectivity index (χ1) is 8.59. The number of nitrogens with zero attached hydrogens (tertiary/aromatic N) is 1. The van der Waals surface area contributed by atoms with E-state index in [1.54, 1.807) is 6.20 Å². The van der Waals surface area contributed by atoms with Crippen LogP contribution in [0.4, 0.5) is 5.69 Å². The zero-order valence-corrected chi connectivity index (χ0v) is 11.0. The van der Waals surface area contributed by atoms with E-state index >= 15 is 0 Å². The summed E-state index contributed by atoms with van der Waals surface area (Å²) in [6.45, 7) is 2.91. The van der Waals surface area contributed by atoms with E-state index in [4.69, 9.17) is 5.73 Å². The Kier molecular flexibility index (Phi) is 2.52. The minimum absolute atomic E-state index is 0.0800. The Morgan fingerprint density at radius 3 is 3.06 bits per heavy atom. The van der Waals surface area contributed by atoms with Gasteiger partial charge in [-0.3, -0.25) is 9.78 Å². The van der Waals surface area contributed by atoms with Gasteiger partial charge >= 0.3 is 0 Å². The summed E-state index contributed by atoms with van der Waals surface area (Å²) in [7, 11) is 0. The van der Waals surface area contributed by atoms with Gasteiger partial charge < -0.3 is 11.1 Å². The predicted molar refractivity (Wildman–Crippen MR) is 73.7 cm³/mol. The van der Waals surface area contributed by atoms with Crippen molar-refractivity contribution >= 4 is 33.1 Å². The van der Waals surface area contributed by atoms with Gasteiger partial charge in [0.15, 0.2) is 0 Å². The van der Waals surface area contributed by atoms with Crippen LogP contribution in [0.5, 0.6) is 0 Å². The van der Waals surface area contributed by atoms with E-state index in [2.05, 4.69) is 17.2 Å². The van der Waals surface area contributed by atoms with Crippen molar-refractivity contribution in [2.24, 2.45) is 5.41 Å². The van der Waals surface area contributed by atoms with E-state index in [0.717, 1.165) is 16.8 Å². The van der Waals surface area contributed by atoms with Crippen LogP contribution >= 0.6 is 11.3 Å². The summed E-state index contributed by atoms with van der Waals surface area (Å²) in [4.78, 5) is 16.9. The lowest BCUT2D eigenvalue weighted by atomic mass is 10.1. The van der Waals surface area contributed by atoms with Gasteiger partial charge in [-0.15, -0.1) is 11.3 Å². The molecule has 0 saturated heterocycles. The normalized spacial score (nSPS) is 16.7. The number of fused-ring (bicyclic) bond motifs is 1. The molecule has 1 amide bonds. The molecule has 18 heavy (non-hydrogen) atoms. The zero-order chi connectivity index (χ0) is 12.8. The Labute approximate surface area is 109 Å². The van der Waals surface area contributed by atoms with Gasteiger partial charge in [0.25, 0.3) is 5.91 Å². The van der Waals surface area contributed by atoms with Crippen molar-refractivity contribution in [3.05, 3.63) is 23.2 Å². The fourth-order valence-electron chi connectivity index (χ4n) is 1.88. The molecule has 3 rings (SSSR count). The predicted octanol–water partition coefficient (Wildman–Crippen LogP) is 2.41. The van der Waals surface area contributed by atoms with Crippen molar-refractivity contribution in [1.29, 1.82) is 0 Å². The Morgan fingerprint density at radius 1 is 1.61 bits per heavy atom. The first kappa shape index (κ1) is 11.5. The maximum atomic E-state index is 12.1. The first-order valence-electron chi connectivity index (χ1n) is 6.00. The number of nitrogens with one attached hydrogen (secondary N) is 1. The van der Waals surface area contributed by atoms with Crippen LogP contribution in [-0.4, -0.2) is 17.4 Å². The first-order valence-corrected chi connectivity index (χ1v) is 6.82. The Morgan fingerprint density at radius 2 is 2.39 bits per heavy atom. The van der Waals surface area contributed by atoms with Gasteiger partial charge in [0.2, 0.25) is 0 Å². The van der Waals surface area contributed by atoms with E-state index in [1.165, 1.54) is 24.2 Å². The van der Waals surface area contributed by atoms with Crippen molar-refractivity contribution in [1.82, 2.24) is 10.3 Å². The van der Waals surface area contributed by atoms with E-state index in [-0.39, 0.29) is 5.91 Å². The van der Waals surface area contributed by atoms with Crippen molar-refractivity contribution in [3.63, 3.8) is 0 Å². The van der Waals surface area contributed by atoms with E-state index in [0.29, 0.717) is 16.0 Å². The molecule has 1 aliphatic rings. The number of amides is 1. The van der Waals surface area contributed by atoms with Gasteiger partial charge in [-0.2, -0.15) is 0 Å². The zero-order valence-electron chi connectivity index (χ0n) is 10.2. The number of carbonyl (C=O) groups excluding carboxylic acids is 1. The van der Waals surface area contributed by atoms with Crippen LogP contribution in [0.1, 0.15) is 29.4 Å². The molecule has 0 aliphatic heterocycles. The smallest absolute Gasteiger partial charge is 0.263 e. The summed E-state index contributed by atoms with van der Waals surface area (Å²) in [5.41, 5.74) is 7.51. The molecule has 0 atom stereocenters. The van der Waals surface area contributed by atoms with Gasteiger partial charge in [0.1, 0.15) is 10.4 Å². The van der Waals surface area contributed by atoms with Crippen LogP contribution in [0.3, 0.4) is 0 Å². The molecule has 1 saturated carbocycles. The molecule has 0 spiro atoms. The highest BCUT2D eigenvalue weighted by molar-refractivity contribution is 7.21. The molecule has 2 aromatic heterocycles. The SMILES string of the molecule is CC1(CNC(=O)c2sc3cccnc3c2N)CC1. The van der Waals surface area contributed by atoms with E-state index in [1.807, 2.05) is 12.1 Å². The van der Waals surface area contributed by atoms with Crippen molar-refractivity contribution in [2.75, 3.05) is 12.3 Å². The molecule has 0 unspecified atom stereocenters. The average Bonchev–Trinajstić information content (AvgIpc) is 3.02. The highest BCUT2D eigenvalue weighted by atomic mass is 32.1. The fourth-order valence-corrected chi connectivity index (χ4v) is 2.88. The van der Waals surface area contributed by atoms with Gasteiger partial charge in [0, 0.05) is 12.7 Å². The quantitative estimate of drug-likeness (QED) is 0.891. The molecule has 5 heteroatoms. The van der Waals surface area contributed by atoms with Crippen LogP contribution in [0.15, 0.2) is 18.3 Å². The maximum absolute atomic E-state index is 12.1. The van der Waals surface area contributed by atoms with Crippen molar-refractivity contribution in [2.45, 2.75) is 19.8 Å². The average molecular weight is 261 g/mol. The molecule has 0 aromatic carbocycles. The summed E-state index contributed by atoms with van der Waals surface area (Å²) in [5.74, 6) is -0.0800. The number of carbonyl (C=O) groups is 1. The number of hydrogen-bond acceptors (Lipinski definition) is 4. The van der Waals surface area contributed by atoms with Gasteiger partial charge in [-0.1, -0.05) is 6.92 Å². The second kappa shape index (κ2) is 3.95. The lowest BCUT2D eigenvalue weighted by molar-refractivity contribution is 0.0951. The second-order valence-electron chi connectivity index (χ2n) is 5.19. The van der Waals surface area contributed by atoms with Crippen LogP contribution in [0, 0.1) is 5.41 Å². The number of pyridine rings is 1. The number of nitrogen functional groups attached to an aromatic ring is 1. The number of aromatic nitrogens is 1. The topological polar surface area (TPSA) is 68.0 Å². The lowest BCUT2D eigenvalue weighted by Crippen LogP contribution is -2.28. The summed E-state index contributed by atoms with van der Waals surface area (Å²) in [6, 6.07) is 3.79. The third-order valence-electron chi connectivity index (χ3n) is 3.47. The summed E-state index contributed by atoms with van der Waals surface area (Å²) >= 11 is 1.40.